The predicted molar refractivity (Wildman–Crippen MR) is 50.0 cm³/mol. The maximum atomic E-state index is 10.5. The maximum absolute atomic E-state index is 10.5. The van der Waals surface area contributed by atoms with E-state index < -0.39 is 4.92 Å². The summed E-state index contributed by atoms with van der Waals surface area (Å²) in [5, 5.41) is 12.6. The molecule has 0 saturated heterocycles. The minimum atomic E-state index is -0.433. The average Bonchev–Trinajstić information content (AvgIpc) is 2.38. The van der Waals surface area contributed by atoms with Crippen molar-refractivity contribution >= 4 is 28.6 Å². The summed E-state index contributed by atoms with van der Waals surface area (Å²) in [5.41, 5.74) is 0.0648. The Hall–Kier alpha value is -0.870. The summed E-state index contributed by atoms with van der Waals surface area (Å²) in [4.78, 5) is 10.6. The van der Waals surface area contributed by atoms with E-state index in [0.717, 1.165) is 0 Å². The molecule has 0 atom stereocenters. The molecule has 0 unspecified atom stereocenters. The second kappa shape index (κ2) is 3.69. The van der Waals surface area contributed by atoms with Gasteiger partial charge in [0.25, 0.3) is 5.70 Å². The molecule has 5 heteroatoms. The van der Waals surface area contributed by atoms with E-state index in [1.807, 2.05) is 0 Å². The zero-order chi connectivity index (χ0) is 9.14. The molecule has 1 heterocycles. The quantitative estimate of drug-likeness (QED) is 0.548. The Labute approximate surface area is 78.4 Å². The fraction of sp³-hybridized carbons (Fsp3) is 0.143. The summed E-state index contributed by atoms with van der Waals surface area (Å²) < 4.78 is 0. The van der Waals surface area contributed by atoms with Crippen LogP contribution in [0.5, 0.6) is 0 Å². The number of nitro groups is 1. The number of hydrogen-bond donors (Lipinski definition) is 0. The molecular weight excluding hydrogens is 198 g/mol. The lowest BCUT2D eigenvalue weighted by Crippen LogP contribution is -1.95. The van der Waals surface area contributed by atoms with Crippen molar-refractivity contribution in [2.24, 2.45) is 0 Å². The highest BCUT2D eigenvalue weighted by molar-refractivity contribution is 7.11. The van der Waals surface area contributed by atoms with Crippen LogP contribution in [0.3, 0.4) is 0 Å². The Morgan fingerprint density at radius 3 is 2.83 bits per heavy atom. The Morgan fingerprint density at radius 2 is 2.50 bits per heavy atom. The van der Waals surface area contributed by atoms with E-state index in [2.05, 4.69) is 0 Å². The number of thiophene rings is 1. The number of allylic oxidation sites excluding steroid dienone is 1. The van der Waals surface area contributed by atoms with Crippen molar-refractivity contribution < 1.29 is 4.92 Å². The highest BCUT2D eigenvalue weighted by atomic mass is 35.5. The van der Waals surface area contributed by atoms with Crippen molar-refractivity contribution in [1.82, 2.24) is 0 Å². The zero-order valence-corrected chi connectivity index (χ0v) is 7.85. The van der Waals surface area contributed by atoms with Gasteiger partial charge in [-0.2, -0.15) is 0 Å². The van der Waals surface area contributed by atoms with Crippen molar-refractivity contribution in [2.45, 2.75) is 6.92 Å². The molecule has 0 aliphatic carbocycles. The third-order valence-electron chi connectivity index (χ3n) is 1.32. The average molecular weight is 204 g/mol. The van der Waals surface area contributed by atoms with Gasteiger partial charge in [0, 0.05) is 0 Å². The van der Waals surface area contributed by atoms with Crippen molar-refractivity contribution in [3.8, 4) is 0 Å². The van der Waals surface area contributed by atoms with Crippen LogP contribution in [-0.2, 0) is 0 Å². The van der Waals surface area contributed by atoms with Crippen LogP contribution in [0.2, 0.25) is 5.02 Å². The minimum Gasteiger partial charge on any atom is -0.258 e. The summed E-state index contributed by atoms with van der Waals surface area (Å²) in [7, 11) is 0. The third kappa shape index (κ3) is 1.65. The summed E-state index contributed by atoms with van der Waals surface area (Å²) >= 11 is 6.99. The number of rotatable bonds is 2. The molecule has 0 fully saturated rings. The fourth-order valence-electron chi connectivity index (χ4n) is 0.796. The van der Waals surface area contributed by atoms with Gasteiger partial charge < -0.3 is 0 Å². The molecule has 1 aromatic heterocycles. The van der Waals surface area contributed by atoms with Crippen LogP contribution < -0.4 is 0 Å². The normalized spacial score (nSPS) is 11.7. The van der Waals surface area contributed by atoms with E-state index in [1.54, 1.807) is 18.4 Å². The highest BCUT2D eigenvalue weighted by Gasteiger charge is 2.17. The first-order valence-corrected chi connectivity index (χ1v) is 4.46. The predicted octanol–water partition coefficient (Wildman–Crippen LogP) is 3.04. The summed E-state index contributed by atoms with van der Waals surface area (Å²) in [6.45, 7) is 1.62. The minimum absolute atomic E-state index is 0.0648. The topological polar surface area (TPSA) is 43.1 Å². The van der Waals surface area contributed by atoms with Crippen LogP contribution in [0.1, 0.15) is 11.8 Å². The summed E-state index contributed by atoms with van der Waals surface area (Å²) in [5.74, 6) is 0. The second-order valence-corrected chi connectivity index (χ2v) is 3.35. The van der Waals surface area contributed by atoms with Gasteiger partial charge in [0.05, 0.1) is 9.95 Å². The van der Waals surface area contributed by atoms with Gasteiger partial charge in [-0.1, -0.05) is 11.6 Å². The molecule has 0 aromatic carbocycles. The monoisotopic (exact) mass is 203 g/mol. The van der Waals surface area contributed by atoms with Crippen LogP contribution in [0, 0.1) is 10.1 Å². The van der Waals surface area contributed by atoms with Gasteiger partial charge in [0.2, 0.25) is 0 Å². The van der Waals surface area contributed by atoms with Crippen LogP contribution >= 0.6 is 22.9 Å². The molecule has 1 aromatic rings. The van der Waals surface area contributed by atoms with Crippen molar-refractivity contribution in [1.29, 1.82) is 0 Å². The molecule has 0 aliphatic heterocycles. The van der Waals surface area contributed by atoms with Gasteiger partial charge in [0.15, 0.2) is 0 Å². The van der Waals surface area contributed by atoms with E-state index in [-0.39, 0.29) is 5.70 Å². The van der Waals surface area contributed by atoms with Gasteiger partial charge in [-0.05, 0) is 24.4 Å². The largest absolute Gasteiger partial charge is 0.283 e. The third-order valence-corrected chi connectivity index (χ3v) is 2.68. The Morgan fingerprint density at radius 1 is 1.83 bits per heavy atom. The first kappa shape index (κ1) is 9.22. The molecule has 0 saturated carbocycles. The fourth-order valence-corrected chi connectivity index (χ4v) is 2.00. The van der Waals surface area contributed by atoms with Crippen LogP contribution in [0.4, 0.5) is 0 Å². The first-order chi connectivity index (χ1) is 5.66. The van der Waals surface area contributed by atoms with Gasteiger partial charge in [-0.15, -0.1) is 11.3 Å². The molecule has 0 aliphatic rings. The highest BCUT2D eigenvalue weighted by Crippen LogP contribution is 2.29. The van der Waals surface area contributed by atoms with E-state index in [1.165, 1.54) is 17.4 Å². The molecule has 64 valence electrons. The standard InChI is InChI=1S/C7H6ClNO2S/c1-2-6(9(10)11)7-5(8)3-4-12-7/h2-4H,1H3. The van der Waals surface area contributed by atoms with Gasteiger partial charge >= 0.3 is 0 Å². The smallest absolute Gasteiger partial charge is 0.258 e. The zero-order valence-electron chi connectivity index (χ0n) is 6.28. The SMILES string of the molecule is CC=C(c1sccc1Cl)[N+](=O)[O-]. The summed E-state index contributed by atoms with van der Waals surface area (Å²) in [6.07, 6.45) is 1.44. The molecule has 1 rings (SSSR count). The van der Waals surface area contributed by atoms with E-state index >= 15 is 0 Å². The van der Waals surface area contributed by atoms with Crippen LogP contribution in [-0.4, -0.2) is 4.92 Å². The molecule has 0 bridgehead atoms. The summed E-state index contributed by atoms with van der Waals surface area (Å²) in [6, 6.07) is 1.65. The van der Waals surface area contributed by atoms with Crippen molar-refractivity contribution in [2.75, 3.05) is 0 Å². The molecular formula is C7H6ClNO2S. The van der Waals surface area contributed by atoms with Gasteiger partial charge in [0.1, 0.15) is 4.88 Å². The van der Waals surface area contributed by atoms with Gasteiger partial charge in [-0.3, -0.25) is 10.1 Å². The van der Waals surface area contributed by atoms with Crippen molar-refractivity contribution in [3.05, 3.63) is 37.5 Å². The van der Waals surface area contributed by atoms with E-state index in [0.29, 0.717) is 9.90 Å². The lowest BCUT2D eigenvalue weighted by atomic mass is 10.3. The Balaban J connectivity index is 3.13. The first-order valence-electron chi connectivity index (χ1n) is 3.21. The van der Waals surface area contributed by atoms with E-state index in [9.17, 15) is 10.1 Å². The molecule has 3 nitrogen and oxygen atoms in total. The molecule has 0 radical (unpaired) electrons. The van der Waals surface area contributed by atoms with Crippen LogP contribution in [0.15, 0.2) is 17.5 Å². The number of hydrogen-bond acceptors (Lipinski definition) is 3. The Bertz CT molecular complexity index is 332. The maximum Gasteiger partial charge on any atom is 0.283 e. The van der Waals surface area contributed by atoms with Crippen molar-refractivity contribution in [3.63, 3.8) is 0 Å². The molecule has 0 N–H and O–H groups in total. The molecule has 0 amide bonds. The number of nitrogens with zero attached hydrogens (tertiary/aromatic N) is 1. The molecule has 12 heavy (non-hydrogen) atoms. The van der Waals surface area contributed by atoms with E-state index in [4.69, 9.17) is 11.6 Å². The lowest BCUT2D eigenvalue weighted by molar-refractivity contribution is -0.375. The lowest BCUT2D eigenvalue weighted by Gasteiger charge is -1.93. The Kier molecular flexibility index (Phi) is 2.83. The van der Waals surface area contributed by atoms with Gasteiger partial charge in [-0.25, -0.2) is 0 Å². The second-order valence-electron chi connectivity index (χ2n) is 2.03. The van der Waals surface area contributed by atoms with Crippen LogP contribution in [0.25, 0.3) is 5.70 Å². The number of halogens is 1. The molecule has 0 spiro atoms.